The number of carboxylic acids is 2. The monoisotopic (exact) mass is 1030 g/mol. The normalized spacial score (nSPS) is 11.7. The van der Waals surface area contributed by atoms with Gasteiger partial charge in [0, 0.05) is 31.4 Å². The molecule has 23 heteroatoms. The van der Waals surface area contributed by atoms with Crippen molar-refractivity contribution in [2.24, 2.45) is 11.5 Å². The summed E-state index contributed by atoms with van der Waals surface area (Å²) >= 11 is 2.82. The first-order valence-corrected chi connectivity index (χ1v) is 21.6. The van der Waals surface area contributed by atoms with Gasteiger partial charge < -0.3 is 36.5 Å². The molecule has 0 aliphatic carbocycles. The largest absolute Gasteiger partial charge is 0.490 e. The van der Waals surface area contributed by atoms with Crippen LogP contribution in [0.1, 0.15) is 32.5 Å². The summed E-state index contributed by atoms with van der Waals surface area (Å²) in [6, 6.07) is 42.9. The number of thiophene rings is 2. The molecule has 9 N–H and O–H groups in total. The van der Waals surface area contributed by atoms with E-state index in [1.807, 2.05) is 115 Å². The Hall–Kier alpha value is -8.18. The molecule has 0 spiro atoms. The summed E-state index contributed by atoms with van der Waals surface area (Å²) in [5, 5.41) is 36.3. The Kier molecular flexibility index (Phi) is 17.4. The number of nitrogens with two attached hydrogens (primary N) is 2. The van der Waals surface area contributed by atoms with E-state index in [0.717, 1.165) is 54.3 Å². The van der Waals surface area contributed by atoms with Crippen LogP contribution in [-0.4, -0.2) is 52.1 Å². The number of halogens is 9. The van der Waals surface area contributed by atoms with Gasteiger partial charge in [-0.05, 0) is 77.0 Å². The van der Waals surface area contributed by atoms with Crippen molar-refractivity contribution < 1.29 is 73.6 Å². The maximum atomic E-state index is 13.5. The van der Waals surface area contributed by atoms with Gasteiger partial charge in [-0.25, -0.2) is 9.59 Å². The molecule has 2 heterocycles. The van der Waals surface area contributed by atoms with Crippen LogP contribution in [0.25, 0.3) is 30.9 Å². The van der Waals surface area contributed by atoms with Crippen molar-refractivity contribution in [3.8, 4) is 11.5 Å². The second-order valence-electron chi connectivity index (χ2n) is 14.4. The molecular weight excluding hydrogens is 994 g/mol. The highest BCUT2D eigenvalue weighted by atomic mass is 32.1. The number of alkyl halides is 9. The van der Waals surface area contributed by atoms with E-state index in [1.165, 1.54) is 34.8 Å². The minimum absolute atomic E-state index is 0.00968. The predicted octanol–water partition coefficient (Wildman–Crippen LogP) is 12.1. The lowest BCUT2D eigenvalue weighted by Gasteiger charge is -2.20. The van der Waals surface area contributed by atoms with Crippen molar-refractivity contribution in [2.75, 3.05) is 5.32 Å². The zero-order chi connectivity index (χ0) is 52.3. The highest BCUT2D eigenvalue weighted by Gasteiger charge is 2.39. The van der Waals surface area contributed by atoms with Crippen molar-refractivity contribution in [2.45, 2.75) is 31.2 Å². The van der Waals surface area contributed by atoms with Crippen molar-refractivity contribution in [1.82, 2.24) is 0 Å². The summed E-state index contributed by atoms with van der Waals surface area (Å²) in [5.74, 6) is -4.58. The van der Waals surface area contributed by atoms with Crippen LogP contribution in [0.4, 0.5) is 45.2 Å². The van der Waals surface area contributed by atoms with Crippen molar-refractivity contribution in [1.29, 1.82) is 10.8 Å². The summed E-state index contributed by atoms with van der Waals surface area (Å²) in [4.78, 5) is 32.7. The molecule has 8 rings (SSSR count). The Morgan fingerprint density at radius 2 is 1.15 bits per heavy atom. The number of aliphatic carboxylic acids is 2. The lowest BCUT2D eigenvalue weighted by atomic mass is 10.1. The lowest BCUT2D eigenvalue weighted by Crippen LogP contribution is -2.25. The van der Waals surface area contributed by atoms with Gasteiger partial charge in [0.25, 0.3) is 5.91 Å². The molecule has 0 bridgehead atoms. The number of hydrogen-bond acceptors (Lipinski definition) is 9. The third-order valence-corrected chi connectivity index (χ3v) is 11.6. The fraction of sp³-hybridized carbons (Fsp3) is 0.104. The Balaban J connectivity index is 0.000000214. The van der Waals surface area contributed by atoms with E-state index in [0.29, 0.717) is 26.8 Å². The molecule has 1 amide bonds. The number of amides is 1. The SMILES string of the molecule is N=C(N)c1cc2c(OC(C(=O)Nc3cccc4ccccc34)c3ccccc3)cccc2s1.N=C(N)c1cc2ccc(OCc3ccc(C(F)(F)F)cc3)cc2s1.O=C(O)C(F)(F)F.O=C(O)C(F)(F)F. The molecule has 1 unspecified atom stereocenters. The quantitative estimate of drug-likeness (QED) is 0.0393. The fourth-order valence-electron chi connectivity index (χ4n) is 6.02. The van der Waals surface area contributed by atoms with Crippen LogP contribution in [0.3, 0.4) is 0 Å². The minimum Gasteiger partial charge on any atom is -0.489 e. The highest BCUT2D eigenvalue weighted by molar-refractivity contribution is 7.21. The Labute approximate surface area is 403 Å². The smallest absolute Gasteiger partial charge is 0.489 e. The van der Waals surface area contributed by atoms with Crippen LogP contribution in [0.15, 0.2) is 146 Å². The molecule has 370 valence electrons. The molecule has 71 heavy (non-hydrogen) atoms. The average Bonchev–Trinajstić information content (AvgIpc) is 3.96. The number of fused-ring (bicyclic) bond motifs is 3. The molecule has 6 aromatic carbocycles. The van der Waals surface area contributed by atoms with Gasteiger partial charge in [-0.1, -0.05) is 84.9 Å². The lowest BCUT2D eigenvalue weighted by molar-refractivity contribution is -0.193. The molecule has 0 radical (unpaired) electrons. The molecule has 8 aromatic rings. The standard InChI is InChI=1S/C27H21N3O2S.C17H13F3N2OS.2C2HF3O2/c28-26(29)24-16-20-22(14-7-15-23(20)33-24)32-25(18-9-2-1-3-10-18)27(31)30-21-13-6-11-17-8-4-5-12-19(17)21;18-17(19,20)12-4-1-10(2-5-12)9-23-13-6-3-11-7-15(16(21)22)24-14(11)8-13;2*3-2(4,5)1(6)7/h1-16,25H,(H3,28,29)(H,30,31);1-8H,9H2,(H3,21,22);2*(H,6,7). The molecule has 2 aromatic heterocycles. The van der Waals surface area contributed by atoms with E-state index >= 15 is 0 Å². The Morgan fingerprint density at radius 3 is 1.75 bits per heavy atom. The number of rotatable bonds is 10. The van der Waals surface area contributed by atoms with E-state index in [2.05, 4.69) is 5.32 Å². The zero-order valence-corrected chi connectivity index (χ0v) is 37.6. The number of nitrogen functional groups attached to an aromatic ring is 2. The van der Waals surface area contributed by atoms with Gasteiger partial charge in [0.2, 0.25) is 6.10 Å². The number of hydrogen-bond donors (Lipinski definition) is 7. The third kappa shape index (κ3) is 15.2. The molecule has 0 saturated carbocycles. The summed E-state index contributed by atoms with van der Waals surface area (Å²) in [6.07, 6.45) is -15.4. The van der Waals surface area contributed by atoms with Gasteiger partial charge in [-0.2, -0.15) is 39.5 Å². The van der Waals surface area contributed by atoms with Crippen LogP contribution < -0.4 is 26.3 Å². The molecule has 1 atom stereocenters. The van der Waals surface area contributed by atoms with Crippen LogP contribution in [-0.2, 0) is 27.2 Å². The number of carbonyl (C=O) groups is 3. The number of carboxylic acid groups (broad SMARTS) is 2. The predicted molar refractivity (Wildman–Crippen MR) is 251 cm³/mol. The average molecular weight is 1030 g/mol. The van der Waals surface area contributed by atoms with Crippen molar-refractivity contribution in [3.05, 3.63) is 172 Å². The second-order valence-corrected chi connectivity index (χ2v) is 16.6. The number of carbonyl (C=O) groups excluding carboxylic acids is 1. The topological polar surface area (TPSA) is 222 Å². The number of ether oxygens (including phenoxy) is 2. The summed E-state index contributed by atoms with van der Waals surface area (Å²) in [5.41, 5.74) is 12.6. The van der Waals surface area contributed by atoms with E-state index in [-0.39, 0.29) is 24.2 Å². The van der Waals surface area contributed by atoms with E-state index < -0.39 is 42.1 Å². The molecule has 0 aliphatic heterocycles. The maximum absolute atomic E-state index is 13.5. The van der Waals surface area contributed by atoms with Crippen LogP contribution in [0.5, 0.6) is 11.5 Å². The molecule has 0 fully saturated rings. The van der Waals surface area contributed by atoms with E-state index in [1.54, 1.807) is 6.07 Å². The molecule has 0 aliphatic rings. The first-order valence-electron chi connectivity index (χ1n) is 20.0. The highest BCUT2D eigenvalue weighted by Crippen LogP contribution is 2.36. The van der Waals surface area contributed by atoms with Crippen LogP contribution in [0, 0.1) is 10.8 Å². The van der Waals surface area contributed by atoms with Gasteiger partial charge >= 0.3 is 30.5 Å². The number of nitrogens with one attached hydrogen (secondary N) is 3. The van der Waals surface area contributed by atoms with Crippen LogP contribution in [0.2, 0.25) is 0 Å². The van der Waals surface area contributed by atoms with Crippen molar-refractivity contribution in [3.63, 3.8) is 0 Å². The van der Waals surface area contributed by atoms with E-state index in [4.69, 9.17) is 51.6 Å². The summed E-state index contributed by atoms with van der Waals surface area (Å²) in [6.45, 7) is 0.175. The second kappa shape index (κ2) is 23.0. The van der Waals surface area contributed by atoms with Gasteiger partial charge in [0.05, 0.1) is 15.3 Å². The van der Waals surface area contributed by atoms with Crippen molar-refractivity contribution >= 4 is 88.8 Å². The first-order chi connectivity index (χ1) is 33.3. The van der Waals surface area contributed by atoms with Gasteiger partial charge in [0.15, 0.2) is 0 Å². The number of benzene rings is 6. The fourth-order valence-corrected chi connectivity index (χ4v) is 7.91. The minimum atomic E-state index is -5.08. The summed E-state index contributed by atoms with van der Waals surface area (Å²) in [7, 11) is 0. The molecule has 0 saturated heterocycles. The summed E-state index contributed by atoms with van der Waals surface area (Å²) < 4.78 is 115. The van der Waals surface area contributed by atoms with Gasteiger partial charge in [-0.3, -0.25) is 15.6 Å². The first kappa shape index (κ1) is 53.8. The van der Waals surface area contributed by atoms with Gasteiger partial charge in [-0.15, -0.1) is 22.7 Å². The van der Waals surface area contributed by atoms with Gasteiger partial charge in [0.1, 0.15) is 29.8 Å². The number of amidine groups is 2. The zero-order valence-electron chi connectivity index (χ0n) is 35.9. The Morgan fingerprint density at radius 1 is 0.606 bits per heavy atom. The molecular formula is C48H36F9N5O7S2. The van der Waals surface area contributed by atoms with E-state index in [9.17, 15) is 44.3 Å². The third-order valence-electron chi connectivity index (χ3n) is 9.35. The molecule has 12 nitrogen and oxygen atoms in total. The van der Waals surface area contributed by atoms with Crippen LogP contribution >= 0.6 is 22.7 Å². The maximum Gasteiger partial charge on any atom is 0.490 e. The number of anilines is 1. The Bertz CT molecular complexity index is 3150.